The van der Waals surface area contributed by atoms with Crippen molar-refractivity contribution in [1.29, 1.82) is 0 Å². The van der Waals surface area contributed by atoms with Gasteiger partial charge in [0, 0.05) is 49.7 Å². The Morgan fingerprint density at radius 1 is 1.05 bits per heavy atom. The van der Waals surface area contributed by atoms with Crippen LogP contribution in [0, 0.1) is 0 Å². The van der Waals surface area contributed by atoms with Crippen molar-refractivity contribution in [2.24, 2.45) is 12.8 Å². The van der Waals surface area contributed by atoms with E-state index in [-0.39, 0.29) is 0 Å². The van der Waals surface area contributed by atoms with Crippen molar-refractivity contribution >= 4 is 16.7 Å². The third-order valence-corrected chi connectivity index (χ3v) is 4.38. The topological polar surface area (TPSA) is 37.4 Å². The molecular weight excluding hydrogens is 248 g/mol. The molecule has 2 heterocycles. The Morgan fingerprint density at radius 2 is 1.75 bits per heavy atom. The predicted octanol–water partition coefficient (Wildman–Crippen LogP) is 1.43. The fourth-order valence-corrected chi connectivity index (χ4v) is 3.27. The summed E-state index contributed by atoms with van der Waals surface area (Å²) in [5, 5.41) is 1.36. The number of likely N-dealkylation sites (N-methyl/N-ethyl adjacent to an activating group) is 1. The number of hydrogen-bond acceptors (Lipinski definition) is 3. The summed E-state index contributed by atoms with van der Waals surface area (Å²) in [6.07, 6.45) is 0.947. The number of para-hydroxylation sites is 1. The highest BCUT2D eigenvalue weighted by atomic mass is 15.3. The Kier molecular flexibility index (Phi) is 3.68. The van der Waals surface area contributed by atoms with Gasteiger partial charge >= 0.3 is 0 Å². The first-order chi connectivity index (χ1) is 9.72. The second kappa shape index (κ2) is 5.46. The van der Waals surface area contributed by atoms with Crippen molar-refractivity contribution < 1.29 is 0 Å². The first-order valence-corrected chi connectivity index (χ1v) is 7.42. The largest absolute Gasteiger partial charge is 0.355 e. The third kappa shape index (κ3) is 2.19. The van der Waals surface area contributed by atoms with Crippen LogP contribution in [0.1, 0.15) is 5.56 Å². The molecule has 0 bridgehead atoms. The number of hydrogen-bond donors (Lipinski definition) is 1. The molecule has 4 nitrogen and oxygen atoms in total. The zero-order valence-corrected chi connectivity index (χ0v) is 12.5. The van der Waals surface area contributed by atoms with Gasteiger partial charge in [-0.1, -0.05) is 18.2 Å². The molecule has 0 amide bonds. The van der Waals surface area contributed by atoms with Crippen LogP contribution >= 0.6 is 0 Å². The van der Waals surface area contributed by atoms with Gasteiger partial charge in [0.25, 0.3) is 0 Å². The van der Waals surface area contributed by atoms with E-state index in [4.69, 9.17) is 5.73 Å². The van der Waals surface area contributed by atoms with E-state index in [0.717, 1.165) is 32.6 Å². The molecule has 0 aliphatic carbocycles. The molecule has 1 aromatic heterocycles. The number of anilines is 1. The van der Waals surface area contributed by atoms with Gasteiger partial charge in [-0.3, -0.25) is 0 Å². The van der Waals surface area contributed by atoms with E-state index in [1.807, 2.05) is 0 Å². The molecule has 0 spiro atoms. The molecule has 0 radical (unpaired) electrons. The van der Waals surface area contributed by atoms with Crippen LogP contribution in [-0.4, -0.2) is 49.2 Å². The lowest BCUT2D eigenvalue weighted by molar-refractivity contribution is 0.311. The van der Waals surface area contributed by atoms with Crippen LogP contribution in [0.15, 0.2) is 24.3 Å². The summed E-state index contributed by atoms with van der Waals surface area (Å²) < 4.78 is 2.34. The van der Waals surface area contributed by atoms with Crippen LogP contribution in [0.25, 0.3) is 10.9 Å². The van der Waals surface area contributed by atoms with E-state index in [9.17, 15) is 0 Å². The van der Waals surface area contributed by atoms with Gasteiger partial charge in [0.05, 0.1) is 0 Å². The van der Waals surface area contributed by atoms with E-state index in [2.05, 4.69) is 52.7 Å². The number of rotatable bonds is 3. The minimum Gasteiger partial charge on any atom is -0.355 e. The van der Waals surface area contributed by atoms with Gasteiger partial charge in [0.1, 0.15) is 5.82 Å². The Labute approximate surface area is 120 Å². The summed E-state index contributed by atoms with van der Waals surface area (Å²) >= 11 is 0. The molecule has 1 aromatic carbocycles. The van der Waals surface area contributed by atoms with Crippen LogP contribution in [-0.2, 0) is 13.5 Å². The van der Waals surface area contributed by atoms with Crippen molar-refractivity contribution in [2.75, 3.05) is 44.7 Å². The lowest BCUT2D eigenvalue weighted by Crippen LogP contribution is -2.45. The summed E-state index contributed by atoms with van der Waals surface area (Å²) in [7, 11) is 4.37. The number of aromatic nitrogens is 1. The van der Waals surface area contributed by atoms with Crippen molar-refractivity contribution in [3.63, 3.8) is 0 Å². The van der Waals surface area contributed by atoms with Crippen LogP contribution < -0.4 is 10.6 Å². The summed E-state index contributed by atoms with van der Waals surface area (Å²) in [6, 6.07) is 8.66. The number of benzene rings is 1. The maximum atomic E-state index is 5.85. The number of piperazine rings is 1. The maximum Gasteiger partial charge on any atom is 0.112 e. The minimum atomic E-state index is 0.703. The molecule has 0 saturated carbocycles. The Hall–Kier alpha value is -1.52. The van der Waals surface area contributed by atoms with E-state index in [1.54, 1.807) is 0 Å². The van der Waals surface area contributed by atoms with Gasteiger partial charge in [0.2, 0.25) is 0 Å². The first kappa shape index (κ1) is 13.5. The van der Waals surface area contributed by atoms with Crippen molar-refractivity contribution in [2.45, 2.75) is 6.42 Å². The van der Waals surface area contributed by atoms with Crippen LogP contribution in [0.2, 0.25) is 0 Å². The van der Waals surface area contributed by atoms with Gasteiger partial charge in [-0.25, -0.2) is 0 Å². The molecule has 0 unspecified atom stereocenters. The number of nitrogens with zero attached hydrogens (tertiary/aromatic N) is 3. The zero-order valence-electron chi connectivity index (χ0n) is 12.5. The quantitative estimate of drug-likeness (QED) is 0.918. The number of fused-ring (bicyclic) bond motifs is 1. The summed E-state index contributed by atoms with van der Waals surface area (Å²) in [4.78, 5) is 4.91. The second-order valence-corrected chi connectivity index (χ2v) is 5.71. The summed E-state index contributed by atoms with van der Waals surface area (Å²) in [6.45, 7) is 5.15. The van der Waals surface area contributed by atoms with Crippen molar-refractivity contribution in [3.8, 4) is 0 Å². The SMILES string of the molecule is CN1CCN(c2c(CCN)c3ccccc3n2C)CC1. The molecule has 1 aliphatic rings. The summed E-state index contributed by atoms with van der Waals surface area (Å²) in [5.74, 6) is 1.37. The van der Waals surface area contributed by atoms with Crippen LogP contribution in [0.5, 0.6) is 0 Å². The van der Waals surface area contributed by atoms with Crippen molar-refractivity contribution in [3.05, 3.63) is 29.8 Å². The highest BCUT2D eigenvalue weighted by Crippen LogP contribution is 2.32. The molecule has 20 heavy (non-hydrogen) atoms. The normalized spacial score (nSPS) is 17.1. The Morgan fingerprint density at radius 3 is 2.45 bits per heavy atom. The molecule has 1 fully saturated rings. The van der Waals surface area contributed by atoms with E-state index in [0.29, 0.717) is 6.54 Å². The minimum absolute atomic E-state index is 0.703. The Balaban J connectivity index is 2.08. The predicted molar refractivity (Wildman–Crippen MR) is 85.4 cm³/mol. The molecule has 1 saturated heterocycles. The fraction of sp³-hybridized carbons (Fsp3) is 0.500. The number of nitrogens with two attached hydrogens (primary N) is 1. The van der Waals surface area contributed by atoms with Gasteiger partial charge in [-0.05, 0) is 26.1 Å². The van der Waals surface area contributed by atoms with Gasteiger partial charge in [-0.2, -0.15) is 0 Å². The molecule has 0 atom stereocenters. The molecule has 3 rings (SSSR count). The smallest absolute Gasteiger partial charge is 0.112 e. The molecule has 108 valence electrons. The van der Waals surface area contributed by atoms with E-state index >= 15 is 0 Å². The summed E-state index contributed by atoms with van der Waals surface area (Å²) in [5.41, 5.74) is 8.57. The van der Waals surface area contributed by atoms with Crippen LogP contribution in [0.4, 0.5) is 5.82 Å². The zero-order chi connectivity index (χ0) is 14.1. The molecule has 4 heteroatoms. The van der Waals surface area contributed by atoms with E-state index in [1.165, 1.54) is 22.3 Å². The third-order valence-electron chi connectivity index (χ3n) is 4.38. The van der Waals surface area contributed by atoms with E-state index < -0.39 is 0 Å². The highest BCUT2D eigenvalue weighted by molar-refractivity contribution is 5.90. The lowest BCUT2D eigenvalue weighted by Gasteiger charge is -2.35. The highest BCUT2D eigenvalue weighted by Gasteiger charge is 2.22. The second-order valence-electron chi connectivity index (χ2n) is 5.71. The van der Waals surface area contributed by atoms with Gasteiger partial charge < -0.3 is 20.1 Å². The molecule has 1 aliphatic heterocycles. The lowest BCUT2D eigenvalue weighted by atomic mass is 10.1. The van der Waals surface area contributed by atoms with Crippen molar-refractivity contribution in [1.82, 2.24) is 9.47 Å². The molecule has 2 N–H and O–H groups in total. The Bertz CT molecular complexity index is 594. The fourth-order valence-electron chi connectivity index (χ4n) is 3.27. The monoisotopic (exact) mass is 272 g/mol. The van der Waals surface area contributed by atoms with Gasteiger partial charge in [-0.15, -0.1) is 0 Å². The average molecular weight is 272 g/mol. The average Bonchev–Trinajstić information content (AvgIpc) is 2.74. The standard InChI is InChI=1S/C16H24N4/c1-18-9-11-20(12-10-18)16-14(7-8-17)13-5-3-4-6-15(13)19(16)2/h3-6H,7-12,17H2,1-2H3. The molecule has 2 aromatic rings. The molecular formula is C16H24N4. The van der Waals surface area contributed by atoms with Gasteiger partial charge in [0.15, 0.2) is 0 Å². The number of aryl methyl sites for hydroxylation is 1. The first-order valence-electron chi connectivity index (χ1n) is 7.42. The maximum absolute atomic E-state index is 5.85. The van der Waals surface area contributed by atoms with Crippen LogP contribution in [0.3, 0.4) is 0 Å².